The van der Waals surface area contributed by atoms with Crippen LogP contribution in [0.15, 0.2) is 33.3 Å². The Morgan fingerprint density at radius 2 is 1.85 bits per heavy atom. The normalized spacial score (nSPS) is 20.9. The smallest absolute Gasteiger partial charge is 0.362 e. The van der Waals surface area contributed by atoms with E-state index in [2.05, 4.69) is 31.2 Å². The van der Waals surface area contributed by atoms with Crippen LogP contribution in [-0.2, 0) is 34.3 Å². The van der Waals surface area contributed by atoms with E-state index in [0.717, 1.165) is 17.4 Å². The second-order valence-corrected chi connectivity index (χ2v) is 18.4. The summed E-state index contributed by atoms with van der Waals surface area (Å²) in [7, 11) is -3.18. The minimum atomic E-state index is -5.16. The van der Waals surface area contributed by atoms with Crippen LogP contribution in [0.2, 0.25) is 5.02 Å². The van der Waals surface area contributed by atoms with Gasteiger partial charge in [-0.2, -0.15) is 8.42 Å². The molecule has 3 aromatic rings. The first-order valence-electron chi connectivity index (χ1n) is 18.2. The molecule has 2 aromatic heterocycles. The van der Waals surface area contributed by atoms with Gasteiger partial charge in [0.25, 0.3) is 23.6 Å². The quantitative estimate of drug-likeness (QED) is 0.0212. The first-order valence-corrected chi connectivity index (χ1v) is 20.9. The molecule has 5 rings (SSSR count). The van der Waals surface area contributed by atoms with Crippen LogP contribution in [0.4, 0.5) is 5.13 Å². The van der Waals surface area contributed by atoms with Gasteiger partial charge < -0.3 is 50.5 Å². The Labute approximate surface area is 352 Å². The third-order valence-electron chi connectivity index (χ3n) is 9.54. The van der Waals surface area contributed by atoms with Gasteiger partial charge in [-0.05, 0) is 46.8 Å². The van der Waals surface area contributed by atoms with E-state index >= 15 is 0 Å². The van der Waals surface area contributed by atoms with Gasteiger partial charge in [0.1, 0.15) is 17.3 Å². The Bertz CT molecular complexity index is 2330. The molecule has 0 aliphatic carbocycles. The number of aromatic hydroxyl groups is 2. The number of likely N-dealkylation sites (tertiary alicyclic amines) is 1. The van der Waals surface area contributed by atoms with E-state index in [1.165, 1.54) is 31.4 Å². The third kappa shape index (κ3) is 10.4. The molecule has 2 saturated heterocycles. The van der Waals surface area contributed by atoms with Gasteiger partial charge in [0.05, 0.1) is 61.5 Å². The molecule has 1 unspecified atom stereocenters. The number of ether oxygens (including phenoxy) is 1. The second kappa shape index (κ2) is 17.2. The highest BCUT2D eigenvalue weighted by Gasteiger charge is 2.54. The number of esters is 1. The van der Waals surface area contributed by atoms with Crippen molar-refractivity contribution in [2.45, 2.75) is 70.2 Å². The van der Waals surface area contributed by atoms with Gasteiger partial charge in [0.15, 0.2) is 22.3 Å². The summed E-state index contributed by atoms with van der Waals surface area (Å²) in [6.07, 6.45) is 0.660. The number of β-lactam (4-membered cyclic amide) rings is 1. The van der Waals surface area contributed by atoms with Crippen molar-refractivity contribution in [1.29, 1.82) is 0 Å². The monoisotopic (exact) mass is 898 g/mol. The fraction of sp³-hybridized carbons (Fsp3) is 0.486. The van der Waals surface area contributed by atoms with Gasteiger partial charge in [0.2, 0.25) is 11.4 Å². The molecule has 0 saturated carbocycles. The lowest BCUT2D eigenvalue weighted by molar-refractivity contribution is -0.897. The number of anilines is 1. The number of nitrogen functional groups attached to an aromatic ring is 1. The summed E-state index contributed by atoms with van der Waals surface area (Å²) in [5.41, 5.74) is 2.98. The molecule has 1 aromatic carbocycles. The number of phenolic OH excluding ortho intramolecular Hbond substituents is 2. The Morgan fingerprint density at radius 1 is 1.15 bits per heavy atom. The Hall–Kier alpha value is -5.56. The predicted molar refractivity (Wildman–Crippen MR) is 212 cm³/mol. The summed E-state index contributed by atoms with van der Waals surface area (Å²) >= 11 is 6.94. The second-order valence-electron chi connectivity index (χ2n) is 15.9. The van der Waals surface area contributed by atoms with Crippen molar-refractivity contribution in [1.82, 2.24) is 30.4 Å². The Morgan fingerprint density at radius 3 is 2.48 bits per heavy atom. The number of likely N-dealkylation sites (N-methyl/N-ethyl adjacent to an activating group) is 1. The summed E-state index contributed by atoms with van der Waals surface area (Å²) < 4.78 is 45.4. The molecule has 25 heteroatoms. The number of phenols is 2. The Kier molecular flexibility index (Phi) is 13.0. The van der Waals surface area contributed by atoms with E-state index in [-0.39, 0.29) is 43.9 Å². The largest absolute Gasteiger partial charge is 0.504 e. The lowest BCUT2D eigenvalue weighted by atomic mass is 9.98. The van der Waals surface area contributed by atoms with Crippen molar-refractivity contribution < 1.29 is 65.7 Å². The highest BCUT2D eigenvalue weighted by Crippen LogP contribution is 2.35. The van der Waals surface area contributed by atoms with Gasteiger partial charge in [-0.1, -0.05) is 21.9 Å². The first kappa shape index (κ1) is 45.5. The number of hydrogen-bond donors (Lipinski definition) is 7. The summed E-state index contributed by atoms with van der Waals surface area (Å²) in [4.78, 5) is 74.6. The van der Waals surface area contributed by atoms with Crippen LogP contribution in [0.5, 0.6) is 11.5 Å². The number of amides is 4. The number of nitrogens with two attached hydrogens (primary N) is 1. The van der Waals surface area contributed by atoms with Gasteiger partial charge in [-0.3, -0.25) is 23.7 Å². The topological polar surface area (TPSA) is 315 Å². The van der Waals surface area contributed by atoms with Crippen LogP contribution in [0.3, 0.4) is 0 Å². The number of hydrogen-bond acceptors (Lipinski definition) is 17. The Balaban J connectivity index is 1.21. The van der Waals surface area contributed by atoms with Crippen LogP contribution in [-0.4, -0.2) is 140 Å². The van der Waals surface area contributed by atoms with Gasteiger partial charge >= 0.3 is 16.3 Å². The summed E-state index contributed by atoms with van der Waals surface area (Å²) in [6.45, 7) is 9.05. The number of rotatable bonds is 15. The molecule has 60 heavy (non-hydrogen) atoms. The zero-order valence-corrected chi connectivity index (χ0v) is 35.6. The molecular formula is C35H45ClN9O13S2+. The maximum absolute atomic E-state index is 13.6. The molecule has 8 N–H and O–H groups in total. The van der Waals surface area contributed by atoms with Crippen molar-refractivity contribution >= 4 is 73.7 Å². The van der Waals surface area contributed by atoms with E-state index in [1.807, 2.05) is 7.05 Å². The number of thiazole rings is 1. The minimum absolute atomic E-state index is 0.00139. The van der Waals surface area contributed by atoms with Crippen LogP contribution in [0.1, 0.15) is 79.3 Å². The number of aromatic nitrogens is 2. The standard InChI is InChI=1S/C35H44ClN9O13S2/c1-34(2,3)56-32(52)35(4,5)58-43-25(20-16-59-33(37)40-20)30(50)41-26-21(44(31(26)51)60(53,54)55)14-39-29(49)23-13-19(42-57-23)17-9-11-45(6,15-17)12-10-38-28(48)18-7-8-22(46)27(47)24(18)36/h7-8,13,16-17,21,26H,9-12,14-15H2,1-6H3,(H7-,37,38,39,40,41,42,43,46,47,48,49,50,53,54,55)/p+1/t17-,21-,26+,45?/m1/s1. The zero-order valence-electron chi connectivity index (χ0n) is 33.2. The number of carbonyl (C=O) groups excluding carboxylic acids is 5. The number of nitrogens with one attached hydrogen (secondary N) is 3. The molecule has 4 heterocycles. The molecule has 2 aliphatic rings. The van der Waals surface area contributed by atoms with Crippen LogP contribution < -0.4 is 21.7 Å². The van der Waals surface area contributed by atoms with Crippen molar-refractivity contribution in [2.75, 3.05) is 45.5 Å². The lowest BCUT2D eigenvalue weighted by Gasteiger charge is -2.44. The van der Waals surface area contributed by atoms with Crippen molar-refractivity contribution in [3.05, 3.63) is 51.3 Å². The summed E-state index contributed by atoms with van der Waals surface area (Å²) in [5.74, 6) is -5.95. The maximum Gasteiger partial charge on any atom is 0.362 e. The van der Waals surface area contributed by atoms with E-state index < -0.39 is 86.9 Å². The van der Waals surface area contributed by atoms with Gasteiger partial charge in [-0.25, -0.2) is 14.1 Å². The van der Waals surface area contributed by atoms with E-state index in [1.54, 1.807) is 20.8 Å². The number of benzene rings is 1. The molecular weight excluding hydrogens is 854 g/mol. The highest BCUT2D eigenvalue weighted by molar-refractivity contribution is 7.84. The van der Waals surface area contributed by atoms with Gasteiger partial charge in [-0.15, -0.1) is 11.3 Å². The average molecular weight is 899 g/mol. The van der Waals surface area contributed by atoms with Crippen molar-refractivity contribution in [3.8, 4) is 11.5 Å². The summed E-state index contributed by atoms with van der Waals surface area (Å²) in [6, 6.07) is 0.736. The predicted octanol–water partition coefficient (Wildman–Crippen LogP) is 0.911. The highest BCUT2D eigenvalue weighted by atomic mass is 35.5. The van der Waals surface area contributed by atoms with E-state index in [9.17, 15) is 47.2 Å². The number of nitrogens with zero attached hydrogens (tertiary/aromatic N) is 5. The van der Waals surface area contributed by atoms with E-state index in [0.29, 0.717) is 36.2 Å². The lowest BCUT2D eigenvalue weighted by Crippen LogP contribution is -2.74. The third-order valence-corrected chi connectivity index (χ3v) is 11.5. The fourth-order valence-electron chi connectivity index (χ4n) is 6.33. The fourth-order valence-corrected chi connectivity index (χ4v) is 8.01. The number of halogens is 1. The van der Waals surface area contributed by atoms with Crippen molar-refractivity contribution in [2.24, 2.45) is 5.16 Å². The first-order chi connectivity index (χ1) is 27.8. The molecule has 2 fully saturated rings. The maximum atomic E-state index is 13.6. The number of quaternary nitrogens is 1. The van der Waals surface area contributed by atoms with Gasteiger partial charge in [0, 0.05) is 24.4 Å². The molecule has 2 aliphatic heterocycles. The molecule has 22 nitrogen and oxygen atoms in total. The molecule has 326 valence electrons. The number of oxime groups is 1. The molecule has 0 spiro atoms. The van der Waals surface area contributed by atoms with Crippen LogP contribution >= 0.6 is 22.9 Å². The molecule has 0 radical (unpaired) electrons. The molecule has 4 amide bonds. The van der Waals surface area contributed by atoms with Crippen molar-refractivity contribution in [3.63, 3.8) is 0 Å². The SMILES string of the molecule is CC(C)(C)OC(=O)C(C)(C)O/N=C(\C(=O)N[C@@H]1C(=O)N(S(=O)(=O)O)[C@@H]1CNC(=O)c1cc([C@@H]2CC[N+](C)(CCNC(=O)c3ccc(O)c(O)c3Cl)C2)no1)c1csc(N)n1. The molecule has 0 bridgehead atoms. The average Bonchev–Trinajstić information content (AvgIpc) is 3.90. The van der Waals surface area contributed by atoms with Crippen LogP contribution in [0, 0.1) is 0 Å². The van der Waals surface area contributed by atoms with E-state index in [4.69, 9.17) is 31.4 Å². The summed E-state index contributed by atoms with van der Waals surface area (Å²) in [5, 5.41) is 35.9. The zero-order chi connectivity index (χ0) is 44.5. The minimum Gasteiger partial charge on any atom is -0.504 e. The molecule has 4 atom stereocenters. The van der Waals surface area contributed by atoms with Crippen LogP contribution in [0.25, 0.3) is 0 Å². The number of carbonyl (C=O) groups is 5.